The standard InChI is InChI=1S/C13H22N6.HNO3/c1-2-18-5-7-19(8-6-18)10-11-3-4-12(16-9-11)17-13(14)15;2-1(3)4/h3-4,9H,2,5-8,10H2,1H3,(H4,14,15,16,17);(H,2,3,4). The van der Waals surface area contributed by atoms with E-state index in [4.69, 9.17) is 26.5 Å². The molecule has 0 radical (unpaired) electrons. The number of rotatable bonds is 4. The van der Waals surface area contributed by atoms with Crippen molar-refractivity contribution < 1.29 is 10.3 Å². The van der Waals surface area contributed by atoms with Crippen molar-refractivity contribution in [2.45, 2.75) is 13.5 Å². The largest absolute Gasteiger partial charge is 0.370 e. The summed E-state index contributed by atoms with van der Waals surface area (Å²) in [6.45, 7) is 8.80. The second-order valence-electron chi connectivity index (χ2n) is 5.04. The lowest BCUT2D eigenvalue weighted by molar-refractivity contribution is -0.742. The highest BCUT2D eigenvalue weighted by atomic mass is 16.9. The molecule has 0 unspecified atom stereocenters. The molecule has 0 spiro atoms. The van der Waals surface area contributed by atoms with Crippen LogP contribution in [0, 0.1) is 15.5 Å². The highest BCUT2D eigenvalue weighted by Gasteiger charge is 2.15. The molecule has 1 aromatic heterocycles. The third kappa shape index (κ3) is 7.93. The molecule has 2 rings (SSSR count). The first-order valence-corrected chi connectivity index (χ1v) is 7.24. The molecule has 128 valence electrons. The number of hydrogen-bond acceptors (Lipinski definition) is 6. The van der Waals surface area contributed by atoms with Crippen LogP contribution in [-0.2, 0) is 6.54 Å². The van der Waals surface area contributed by atoms with E-state index in [-0.39, 0.29) is 5.96 Å². The summed E-state index contributed by atoms with van der Waals surface area (Å²) in [5.74, 6) is 0.531. The van der Waals surface area contributed by atoms with Crippen molar-refractivity contribution in [3.8, 4) is 0 Å². The van der Waals surface area contributed by atoms with Gasteiger partial charge < -0.3 is 21.2 Å². The van der Waals surface area contributed by atoms with Crippen LogP contribution >= 0.6 is 0 Å². The van der Waals surface area contributed by atoms with Crippen LogP contribution in [0.5, 0.6) is 0 Å². The van der Waals surface area contributed by atoms with Crippen LogP contribution in [0.25, 0.3) is 0 Å². The van der Waals surface area contributed by atoms with E-state index >= 15 is 0 Å². The zero-order valence-corrected chi connectivity index (χ0v) is 13.1. The molecular formula is C13H23N7O3. The summed E-state index contributed by atoms with van der Waals surface area (Å²) in [7, 11) is 0. The van der Waals surface area contributed by atoms with Gasteiger partial charge in [-0.2, -0.15) is 0 Å². The maximum Gasteiger partial charge on any atom is 0.291 e. The van der Waals surface area contributed by atoms with Crippen molar-refractivity contribution in [2.24, 2.45) is 5.73 Å². The Morgan fingerprint density at radius 1 is 1.43 bits per heavy atom. The van der Waals surface area contributed by atoms with Gasteiger partial charge in [-0.3, -0.25) is 10.3 Å². The molecule has 1 saturated heterocycles. The fourth-order valence-corrected chi connectivity index (χ4v) is 2.25. The predicted molar refractivity (Wildman–Crippen MR) is 85.9 cm³/mol. The fourth-order valence-electron chi connectivity index (χ4n) is 2.25. The van der Waals surface area contributed by atoms with Gasteiger partial charge in [-0.25, -0.2) is 4.98 Å². The molecule has 0 aromatic carbocycles. The Morgan fingerprint density at radius 3 is 2.43 bits per heavy atom. The summed E-state index contributed by atoms with van der Waals surface area (Å²) in [6, 6.07) is 3.89. The first-order valence-electron chi connectivity index (χ1n) is 7.24. The number of nitrogens with two attached hydrogens (primary N) is 1. The van der Waals surface area contributed by atoms with E-state index in [1.807, 2.05) is 18.3 Å². The van der Waals surface area contributed by atoms with Crippen molar-refractivity contribution >= 4 is 11.8 Å². The average Bonchev–Trinajstić information content (AvgIpc) is 2.49. The molecule has 1 aliphatic rings. The van der Waals surface area contributed by atoms with Gasteiger partial charge in [0.2, 0.25) is 0 Å². The maximum atomic E-state index is 8.36. The Balaban J connectivity index is 0.000000593. The molecule has 10 nitrogen and oxygen atoms in total. The molecular weight excluding hydrogens is 302 g/mol. The Morgan fingerprint density at radius 2 is 2.00 bits per heavy atom. The van der Waals surface area contributed by atoms with Crippen LogP contribution in [0.4, 0.5) is 5.82 Å². The molecule has 10 heteroatoms. The minimum atomic E-state index is -1.50. The van der Waals surface area contributed by atoms with E-state index in [1.54, 1.807) is 0 Å². The number of likely N-dealkylation sites (N-methyl/N-ethyl adjacent to an activating group) is 1. The third-order valence-corrected chi connectivity index (χ3v) is 3.41. The molecule has 0 aliphatic carbocycles. The topological polar surface area (TPSA) is 145 Å². The normalized spacial score (nSPS) is 15.3. The molecule has 0 amide bonds. The highest BCUT2D eigenvalue weighted by molar-refractivity contribution is 5.88. The van der Waals surface area contributed by atoms with Crippen LogP contribution in [-0.4, -0.2) is 63.8 Å². The van der Waals surface area contributed by atoms with Gasteiger partial charge in [-0.1, -0.05) is 13.0 Å². The van der Waals surface area contributed by atoms with Crippen LogP contribution in [0.15, 0.2) is 18.3 Å². The quantitative estimate of drug-likeness (QED) is 0.265. The highest BCUT2D eigenvalue weighted by Crippen LogP contribution is 2.10. The van der Waals surface area contributed by atoms with Crippen molar-refractivity contribution in [3.63, 3.8) is 0 Å². The fraction of sp³-hybridized carbons (Fsp3) is 0.538. The van der Waals surface area contributed by atoms with Crippen LogP contribution < -0.4 is 11.1 Å². The number of nitrogens with one attached hydrogen (secondary N) is 2. The minimum absolute atomic E-state index is 0.0871. The summed E-state index contributed by atoms with van der Waals surface area (Å²) in [4.78, 5) is 17.5. The van der Waals surface area contributed by atoms with E-state index in [1.165, 1.54) is 5.56 Å². The molecule has 23 heavy (non-hydrogen) atoms. The van der Waals surface area contributed by atoms with Crippen molar-refractivity contribution in [3.05, 3.63) is 34.0 Å². The second-order valence-corrected chi connectivity index (χ2v) is 5.04. The first kappa shape index (κ1) is 18.6. The van der Waals surface area contributed by atoms with Gasteiger partial charge in [-0.15, -0.1) is 10.1 Å². The number of piperazine rings is 1. The third-order valence-electron chi connectivity index (χ3n) is 3.41. The van der Waals surface area contributed by atoms with Crippen molar-refractivity contribution in [1.82, 2.24) is 14.8 Å². The van der Waals surface area contributed by atoms with E-state index in [0.717, 1.165) is 39.3 Å². The lowest BCUT2D eigenvalue weighted by Crippen LogP contribution is -2.45. The summed E-state index contributed by atoms with van der Waals surface area (Å²) < 4.78 is 0. The Kier molecular flexibility index (Phi) is 7.71. The molecule has 1 fully saturated rings. The van der Waals surface area contributed by atoms with Gasteiger partial charge in [0.15, 0.2) is 5.96 Å². The Bertz CT molecular complexity index is 497. The van der Waals surface area contributed by atoms with Gasteiger partial charge in [0, 0.05) is 38.9 Å². The van der Waals surface area contributed by atoms with E-state index < -0.39 is 5.09 Å². The maximum absolute atomic E-state index is 8.36. The summed E-state index contributed by atoms with van der Waals surface area (Å²) in [5.41, 5.74) is 6.45. The average molecular weight is 325 g/mol. The first-order chi connectivity index (χ1) is 10.9. The van der Waals surface area contributed by atoms with Gasteiger partial charge in [0.05, 0.1) is 0 Å². The van der Waals surface area contributed by atoms with Gasteiger partial charge in [0.25, 0.3) is 5.09 Å². The zero-order valence-electron chi connectivity index (χ0n) is 13.1. The minimum Gasteiger partial charge on any atom is -0.370 e. The predicted octanol–water partition coefficient (Wildman–Crippen LogP) is 0.177. The van der Waals surface area contributed by atoms with Crippen molar-refractivity contribution in [1.29, 1.82) is 5.41 Å². The second kappa shape index (κ2) is 9.54. The number of guanidine groups is 1. The number of anilines is 1. The Hall–Kier alpha value is -2.46. The summed E-state index contributed by atoms with van der Waals surface area (Å²) in [6.07, 6.45) is 1.84. The molecule has 0 saturated carbocycles. The van der Waals surface area contributed by atoms with E-state index in [0.29, 0.717) is 5.82 Å². The molecule has 1 aliphatic heterocycles. The Labute approximate surface area is 134 Å². The van der Waals surface area contributed by atoms with Crippen LogP contribution in [0.1, 0.15) is 12.5 Å². The van der Waals surface area contributed by atoms with Crippen molar-refractivity contribution in [2.75, 3.05) is 38.0 Å². The van der Waals surface area contributed by atoms with Gasteiger partial charge in [0.1, 0.15) is 5.82 Å². The summed E-state index contributed by atoms with van der Waals surface area (Å²) >= 11 is 0. The smallest absolute Gasteiger partial charge is 0.291 e. The lowest BCUT2D eigenvalue weighted by atomic mass is 10.2. The van der Waals surface area contributed by atoms with E-state index in [2.05, 4.69) is 27.0 Å². The molecule has 5 N–H and O–H groups in total. The number of nitrogens with zero attached hydrogens (tertiary/aromatic N) is 4. The molecule has 0 bridgehead atoms. The SMILES string of the molecule is CCN1CCN(Cc2ccc(NC(=N)N)nc2)CC1.O=[N+]([O-])O. The van der Waals surface area contributed by atoms with E-state index in [9.17, 15) is 0 Å². The molecule has 2 heterocycles. The number of aromatic nitrogens is 1. The van der Waals surface area contributed by atoms with Gasteiger partial charge in [-0.05, 0) is 18.2 Å². The monoisotopic (exact) mass is 325 g/mol. The van der Waals surface area contributed by atoms with Crippen LogP contribution in [0.3, 0.4) is 0 Å². The molecule has 1 aromatic rings. The zero-order chi connectivity index (χ0) is 17.2. The lowest BCUT2D eigenvalue weighted by Gasteiger charge is -2.33. The van der Waals surface area contributed by atoms with Crippen LogP contribution in [0.2, 0.25) is 0 Å². The number of pyridine rings is 1. The summed E-state index contributed by atoms with van der Waals surface area (Å²) in [5, 5.41) is 23.5. The molecule has 0 atom stereocenters. The van der Waals surface area contributed by atoms with Gasteiger partial charge >= 0.3 is 0 Å². The number of hydrogen-bond donors (Lipinski definition) is 4.